The summed E-state index contributed by atoms with van der Waals surface area (Å²) in [4.78, 5) is 16.1. The Morgan fingerprint density at radius 3 is 2.68 bits per heavy atom. The molecule has 0 amide bonds. The van der Waals surface area contributed by atoms with Crippen LogP contribution in [0, 0.1) is 11.3 Å². The number of hydrogen-bond donors (Lipinski definition) is 0. The average molecular weight is 276 g/mol. The molecule has 1 aromatic carbocycles. The Morgan fingerprint density at radius 2 is 2.11 bits per heavy atom. The summed E-state index contributed by atoms with van der Waals surface area (Å²) in [6.45, 7) is 0. The van der Waals surface area contributed by atoms with E-state index in [4.69, 9.17) is 21.6 Å². The van der Waals surface area contributed by atoms with Gasteiger partial charge in [0.15, 0.2) is 5.15 Å². The molecule has 6 heteroatoms. The fourth-order valence-electron chi connectivity index (χ4n) is 1.72. The molecule has 0 aliphatic heterocycles. The van der Waals surface area contributed by atoms with Gasteiger partial charge >= 0.3 is 5.56 Å². The lowest BCUT2D eigenvalue weighted by atomic mass is 10.2. The van der Waals surface area contributed by atoms with E-state index in [1.807, 2.05) is 12.1 Å². The van der Waals surface area contributed by atoms with Crippen LogP contribution in [-0.2, 0) is 6.42 Å². The summed E-state index contributed by atoms with van der Waals surface area (Å²) >= 11 is 6.01. The van der Waals surface area contributed by atoms with Crippen LogP contribution in [0.3, 0.4) is 0 Å². The topological polar surface area (TPSA) is 67.9 Å². The van der Waals surface area contributed by atoms with Gasteiger partial charge in [0.25, 0.3) is 5.88 Å². The average Bonchev–Trinajstić information content (AvgIpc) is 2.44. The van der Waals surface area contributed by atoms with E-state index in [-0.39, 0.29) is 17.5 Å². The number of para-hydroxylation sites is 1. The van der Waals surface area contributed by atoms with Crippen LogP contribution in [0.15, 0.2) is 35.1 Å². The first-order valence-corrected chi connectivity index (χ1v) is 5.84. The van der Waals surface area contributed by atoms with Crippen molar-refractivity contribution in [3.63, 3.8) is 0 Å². The van der Waals surface area contributed by atoms with Crippen molar-refractivity contribution in [1.29, 1.82) is 5.26 Å². The number of benzene rings is 1. The number of ether oxygens (including phenoxy) is 1. The van der Waals surface area contributed by atoms with Crippen molar-refractivity contribution in [2.75, 3.05) is 7.11 Å². The SMILES string of the molecule is COc1nc(Cl)c(CC#N)n(-c2ccccc2)c1=O. The summed E-state index contributed by atoms with van der Waals surface area (Å²) in [6.07, 6.45) is -0.0139. The zero-order chi connectivity index (χ0) is 13.8. The zero-order valence-corrected chi connectivity index (χ0v) is 10.9. The van der Waals surface area contributed by atoms with Crippen molar-refractivity contribution in [2.45, 2.75) is 6.42 Å². The third-order valence-electron chi connectivity index (χ3n) is 2.55. The third-order valence-corrected chi connectivity index (χ3v) is 2.85. The Morgan fingerprint density at radius 1 is 1.42 bits per heavy atom. The number of hydrogen-bond acceptors (Lipinski definition) is 4. The van der Waals surface area contributed by atoms with Crippen LogP contribution in [-0.4, -0.2) is 16.7 Å². The molecule has 5 nitrogen and oxygen atoms in total. The Kier molecular flexibility index (Phi) is 3.83. The van der Waals surface area contributed by atoms with Gasteiger partial charge in [-0.25, -0.2) is 0 Å². The Balaban J connectivity index is 2.80. The van der Waals surface area contributed by atoms with Crippen molar-refractivity contribution in [3.05, 3.63) is 51.5 Å². The highest BCUT2D eigenvalue weighted by Crippen LogP contribution is 2.18. The van der Waals surface area contributed by atoms with Crippen LogP contribution in [0.1, 0.15) is 5.69 Å². The molecular formula is C13H10ClN3O2. The van der Waals surface area contributed by atoms with Crippen molar-refractivity contribution in [1.82, 2.24) is 9.55 Å². The molecule has 96 valence electrons. The van der Waals surface area contributed by atoms with Crippen LogP contribution < -0.4 is 10.3 Å². The quantitative estimate of drug-likeness (QED) is 0.859. The predicted octanol–water partition coefficient (Wildman–Crippen LogP) is 1.96. The van der Waals surface area contributed by atoms with E-state index in [1.165, 1.54) is 11.7 Å². The molecule has 19 heavy (non-hydrogen) atoms. The summed E-state index contributed by atoms with van der Waals surface area (Å²) in [6, 6.07) is 10.9. The fraction of sp³-hybridized carbons (Fsp3) is 0.154. The highest BCUT2D eigenvalue weighted by molar-refractivity contribution is 6.30. The minimum Gasteiger partial charge on any atom is -0.477 e. The number of methoxy groups -OCH3 is 1. The molecule has 0 atom stereocenters. The minimum atomic E-state index is -0.441. The second-order valence-corrected chi connectivity index (χ2v) is 4.03. The summed E-state index contributed by atoms with van der Waals surface area (Å²) < 4.78 is 6.25. The van der Waals surface area contributed by atoms with Gasteiger partial charge in [-0.3, -0.25) is 9.36 Å². The van der Waals surface area contributed by atoms with E-state index < -0.39 is 5.56 Å². The summed E-state index contributed by atoms with van der Waals surface area (Å²) in [5, 5.41) is 8.93. The highest BCUT2D eigenvalue weighted by Gasteiger charge is 2.16. The fourth-order valence-corrected chi connectivity index (χ4v) is 1.95. The first-order chi connectivity index (χ1) is 9.19. The monoisotopic (exact) mass is 275 g/mol. The molecule has 0 aliphatic carbocycles. The molecule has 0 bridgehead atoms. The Bertz CT molecular complexity index is 690. The van der Waals surface area contributed by atoms with E-state index in [9.17, 15) is 4.79 Å². The summed E-state index contributed by atoms with van der Waals surface area (Å²) in [7, 11) is 1.35. The summed E-state index contributed by atoms with van der Waals surface area (Å²) in [5.41, 5.74) is 0.518. The third kappa shape index (κ3) is 2.44. The predicted molar refractivity (Wildman–Crippen MR) is 70.7 cm³/mol. The van der Waals surface area contributed by atoms with Crippen molar-refractivity contribution >= 4 is 11.6 Å². The maximum absolute atomic E-state index is 12.3. The van der Waals surface area contributed by atoms with E-state index in [2.05, 4.69) is 4.98 Å². The molecule has 0 unspecified atom stereocenters. The molecular weight excluding hydrogens is 266 g/mol. The van der Waals surface area contributed by atoms with E-state index in [0.29, 0.717) is 11.4 Å². The molecule has 1 aromatic heterocycles. The van der Waals surface area contributed by atoms with Crippen LogP contribution in [0.2, 0.25) is 5.15 Å². The zero-order valence-electron chi connectivity index (χ0n) is 10.1. The number of aromatic nitrogens is 2. The van der Waals surface area contributed by atoms with Crippen LogP contribution in [0.4, 0.5) is 0 Å². The minimum absolute atomic E-state index is 0.0139. The number of nitriles is 1. The van der Waals surface area contributed by atoms with Gasteiger partial charge in [0.1, 0.15) is 0 Å². The van der Waals surface area contributed by atoms with Crippen molar-refractivity contribution in [3.8, 4) is 17.6 Å². The number of nitrogens with zero attached hydrogens (tertiary/aromatic N) is 3. The Hall–Kier alpha value is -2.32. The van der Waals surface area contributed by atoms with Gasteiger partial charge in [-0.15, -0.1) is 0 Å². The number of halogens is 1. The molecule has 0 spiro atoms. The molecule has 2 rings (SSSR count). The molecule has 0 fully saturated rings. The largest absolute Gasteiger partial charge is 0.477 e. The van der Waals surface area contributed by atoms with Crippen molar-refractivity contribution < 1.29 is 4.74 Å². The lowest BCUT2D eigenvalue weighted by Crippen LogP contribution is -2.25. The van der Waals surface area contributed by atoms with Crippen LogP contribution in [0.5, 0.6) is 5.88 Å². The molecule has 0 aliphatic rings. The first kappa shape index (κ1) is 13.1. The first-order valence-electron chi connectivity index (χ1n) is 5.46. The molecule has 1 heterocycles. The molecule has 0 saturated heterocycles. The molecule has 0 radical (unpaired) electrons. The van der Waals surface area contributed by atoms with Gasteiger partial charge in [0, 0.05) is 5.69 Å². The second-order valence-electron chi connectivity index (χ2n) is 3.67. The smallest absolute Gasteiger partial charge is 0.318 e. The maximum Gasteiger partial charge on any atom is 0.318 e. The van der Waals surface area contributed by atoms with Gasteiger partial charge < -0.3 is 4.74 Å². The number of rotatable bonds is 3. The second kappa shape index (κ2) is 5.55. The van der Waals surface area contributed by atoms with E-state index >= 15 is 0 Å². The van der Waals surface area contributed by atoms with Crippen LogP contribution in [0.25, 0.3) is 5.69 Å². The maximum atomic E-state index is 12.3. The standard InChI is InChI=1S/C13H10ClN3O2/c1-19-12-13(18)17(9-5-3-2-4-6-9)10(7-8-15)11(14)16-12/h2-6H,7H2,1H3. The Labute approximate surface area is 114 Å². The lowest BCUT2D eigenvalue weighted by Gasteiger charge is -2.13. The van der Waals surface area contributed by atoms with Gasteiger partial charge in [-0.05, 0) is 12.1 Å². The molecule has 0 N–H and O–H groups in total. The normalized spacial score (nSPS) is 9.95. The van der Waals surface area contributed by atoms with Crippen LogP contribution >= 0.6 is 11.6 Å². The van der Waals surface area contributed by atoms with Gasteiger partial charge in [0.05, 0.1) is 25.3 Å². The van der Waals surface area contributed by atoms with E-state index in [0.717, 1.165) is 0 Å². The van der Waals surface area contributed by atoms with Gasteiger partial charge in [0.2, 0.25) is 0 Å². The summed E-state index contributed by atoms with van der Waals surface area (Å²) in [5.74, 6) is -0.101. The lowest BCUT2D eigenvalue weighted by molar-refractivity contribution is 0.388. The molecule has 0 saturated carbocycles. The van der Waals surface area contributed by atoms with Crippen molar-refractivity contribution in [2.24, 2.45) is 0 Å². The van der Waals surface area contributed by atoms with E-state index in [1.54, 1.807) is 24.3 Å². The highest BCUT2D eigenvalue weighted by atomic mass is 35.5. The van der Waals surface area contributed by atoms with Gasteiger partial charge in [-0.2, -0.15) is 10.2 Å². The van der Waals surface area contributed by atoms with Gasteiger partial charge in [-0.1, -0.05) is 29.8 Å². The molecule has 2 aromatic rings.